The van der Waals surface area contributed by atoms with Crippen molar-refractivity contribution in [3.8, 4) is 5.75 Å². The SMILES string of the molecule is Cc1ccc(Cl)c(OCCNC(=O)c2c(F)cccc2Cl)c1. The minimum absolute atomic E-state index is 0.0696. The average Bonchev–Trinajstić information content (AvgIpc) is 2.47. The van der Waals surface area contributed by atoms with Crippen molar-refractivity contribution in [2.24, 2.45) is 0 Å². The van der Waals surface area contributed by atoms with E-state index in [0.29, 0.717) is 10.8 Å². The fourth-order valence-electron chi connectivity index (χ4n) is 1.85. The van der Waals surface area contributed by atoms with Crippen LogP contribution in [-0.2, 0) is 0 Å². The predicted octanol–water partition coefficient (Wildman–Crippen LogP) is 4.25. The van der Waals surface area contributed by atoms with Gasteiger partial charge in [-0.1, -0.05) is 35.3 Å². The average molecular weight is 342 g/mol. The molecule has 1 amide bonds. The zero-order valence-corrected chi connectivity index (χ0v) is 13.3. The van der Waals surface area contributed by atoms with Gasteiger partial charge in [-0.25, -0.2) is 4.39 Å². The molecule has 0 unspecified atom stereocenters. The molecule has 0 spiro atoms. The quantitative estimate of drug-likeness (QED) is 0.825. The van der Waals surface area contributed by atoms with Crippen LogP contribution in [0.5, 0.6) is 5.75 Å². The molecule has 3 nitrogen and oxygen atoms in total. The van der Waals surface area contributed by atoms with Gasteiger partial charge in [0.2, 0.25) is 0 Å². The summed E-state index contributed by atoms with van der Waals surface area (Å²) in [5.74, 6) is -0.700. The van der Waals surface area contributed by atoms with Crippen LogP contribution in [0.3, 0.4) is 0 Å². The molecule has 0 saturated carbocycles. The largest absolute Gasteiger partial charge is 0.490 e. The third-order valence-corrected chi connectivity index (χ3v) is 3.55. The molecular weight excluding hydrogens is 328 g/mol. The van der Waals surface area contributed by atoms with Crippen LogP contribution in [0.15, 0.2) is 36.4 Å². The maximum Gasteiger partial charge on any atom is 0.255 e. The van der Waals surface area contributed by atoms with Gasteiger partial charge in [0.15, 0.2) is 0 Å². The molecule has 2 aromatic rings. The van der Waals surface area contributed by atoms with Gasteiger partial charge in [-0.15, -0.1) is 0 Å². The molecule has 0 aliphatic heterocycles. The predicted molar refractivity (Wildman–Crippen MR) is 85.4 cm³/mol. The third kappa shape index (κ3) is 4.12. The Labute approximate surface area is 138 Å². The van der Waals surface area contributed by atoms with E-state index in [-0.39, 0.29) is 23.7 Å². The summed E-state index contributed by atoms with van der Waals surface area (Å²) >= 11 is 11.8. The van der Waals surface area contributed by atoms with Gasteiger partial charge >= 0.3 is 0 Å². The molecular formula is C16H14Cl2FNO2. The smallest absolute Gasteiger partial charge is 0.255 e. The Morgan fingerprint density at radius 3 is 2.73 bits per heavy atom. The summed E-state index contributed by atoms with van der Waals surface area (Å²) in [7, 11) is 0. The Bertz CT molecular complexity index is 672. The Kier molecular flexibility index (Phi) is 5.63. The van der Waals surface area contributed by atoms with E-state index in [1.165, 1.54) is 18.2 Å². The van der Waals surface area contributed by atoms with E-state index in [1.54, 1.807) is 12.1 Å². The molecule has 0 saturated heterocycles. The van der Waals surface area contributed by atoms with Crippen molar-refractivity contribution < 1.29 is 13.9 Å². The fourth-order valence-corrected chi connectivity index (χ4v) is 2.27. The van der Waals surface area contributed by atoms with E-state index in [0.717, 1.165) is 5.56 Å². The van der Waals surface area contributed by atoms with Crippen LogP contribution in [0.4, 0.5) is 4.39 Å². The highest BCUT2D eigenvalue weighted by Gasteiger charge is 2.15. The highest BCUT2D eigenvalue weighted by molar-refractivity contribution is 6.33. The number of aryl methyl sites for hydroxylation is 1. The number of benzene rings is 2. The lowest BCUT2D eigenvalue weighted by molar-refractivity contribution is 0.0943. The summed E-state index contributed by atoms with van der Waals surface area (Å²) < 4.78 is 19.1. The van der Waals surface area contributed by atoms with Crippen molar-refractivity contribution in [1.29, 1.82) is 0 Å². The Hall–Kier alpha value is -1.78. The zero-order valence-electron chi connectivity index (χ0n) is 11.8. The van der Waals surface area contributed by atoms with Gasteiger partial charge in [0.1, 0.15) is 18.2 Å². The van der Waals surface area contributed by atoms with E-state index in [4.69, 9.17) is 27.9 Å². The van der Waals surface area contributed by atoms with Crippen LogP contribution in [0, 0.1) is 12.7 Å². The Morgan fingerprint density at radius 1 is 1.23 bits per heavy atom. The lowest BCUT2D eigenvalue weighted by Crippen LogP contribution is -2.29. The highest BCUT2D eigenvalue weighted by Crippen LogP contribution is 2.25. The summed E-state index contributed by atoms with van der Waals surface area (Å²) in [5.41, 5.74) is 0.847. The number of nitrogens with one attached hydrogen (secondary N) is 1. The molecule has 22 heavy (non-hydrogen) atoms. The first kappa shape index (κ1) is 16.6. The number of rotatable bonds is 5. The summed E-state index contributed by atoms with van der Waals surface area (Å²) in [5, 5.41) is 3.12. The summed E-state index contributed by atoms with van der Waals surface area (Å²) in [4.78, 5) is 11.9. The van der Waals surface area contributed by atoms with Gasteiger partial charge in [-0.3, -0.25) is 4.79 Å². The minimum atomic E-state index is -0.660. The number of ether oxygens (including phenoxy) is 1. The molecule has 0 aliphatic carbocycles. The van der Waals surface area contributed by atoms with E-state index < -0.39 is 11.7 Å². The Morgan fingerprint density at radius 2 is 2.00 bits per heavy atom. The van der Waals surface area contributed by atoms with E-state index >= 15 is 0 Å². The molecule has 2 aromatic carbocycles. The van der Waals surface area contributed by atoms with Crippen LogP contribution < -0.4 is 10.1 Å². The molecule has 0 heterocycles. The van der Waals surface area contributed by atoms with Crippen molar-refractivity contribution >= 4 is 29.1 Å². The van der Waals surface area contributed by atoms with Gasteiger partial charge in [-0.2, -0.15) is 0 Å². The number of halogens is 3. The summed E-state index contributed by atoms with van der Waals surface area (Å²) in [6.45, 7) is 2.33. The molecule has 0 atom stereocenters. The van der Waals surface area contributed by atoms with Crippen molar-refractivity contribution in [2.45, 2.75) is 6.92 Å². The molecule has 1 N–H and O–H groups in total. The lowest BCUT2D eigenvalue weighted by atomic mass is 10.2. The van der Waals surface area contributed by atoms with Crippen LogP contribution >= 0.6 is 23.2 Å². The third-order valence-electron chi connectivity index (χ3n) is 2.92. The monoisotopic (exact) mass is 341 g/mol. The summed E-state index contributed by atoms with van der Waals surface area (Å²) in [6, 6.07) is 9.50. The van der Waals surface area contributed by atoms with Gasteiger partial charge < -0.3 is 10.1 Å². The van der Waals surface area contributed by atoms with E-state index in [9.17, 15) is 9.18 Å². The first-order valence-electron chi connectivity index (χ1n) is 6.60. The van der Waals surface area contributed by atoms with Crippen molar-refractivity contribution in [3.63, 3.8) is 0 Å². The second-order valence-electron chi connectivity index (χ2n) is 4.63. The second kappa shape index (κ2) is 7.47. The van der Waals surface area contributed by atoms with Gasteiger partial charge in [0.05, 0.1) is 22.2 Å². The van der Waals surface area contributed by atoms with E-state index in [1.807, 2.05) is 13.0 Å². The molecule has 0 radical (unpaired) electrons. The maximum absolute atomic E-state index is 13.6. The topological polar surface area (TPSA) is 38.3 Å². The van der Waals surface area contributed by atoms with Crippen LogP contribution in [-0.4, -0.2) is 19.1 Å². The molecule has 0 bridgehead atoms. The molecule has 2 rings (SSSR count). The maximum atomic E-state index is 13.6. The number of carbonyl (C=O) groups excluding carboxylic acids is 1. The van der Waals surface area contributed by atoms with Crippen LogP contribution in [0.25, 0.3) is 0 Å². The highest BCUT2D eigenvalue weighted by atomic mass is 35.5. The molecule has 0 aliphatic rings. The molecule has 116 valence electrons. The standard InChI is InChI=1S/C16H14Cl2FNO2/c1-10-5-6-11(17)14(9-10)22-8-7-20-16(21)15-12(18)3-2-4-13(15)19/h2-6,9H,7-8H2,1H3,(H,20,21). The van der Waals surface area contributed by atoms with Gasteiger partial charge in [0, 0.05) is 0 Å². The zero-order chi connectivity index (χ0) is 16.1. The number of amides is 1. The van der Waals surface area contributed by atoms with E-state index in [2.05, 4.69) is 5.32 Å². The molecule has 6 heteroatoms. The normalized spacial score (nSPS) is 10.4. The Balaban J connectivity index is 1.89. The van der Waals surface area contributed by atoms with Crippen molar-refractivity contribution in [3.05, 3.63) is 63.4 Å². The van der Waals surface area contributed by atoms with Gasteiger partial charge in [0.25, 0.3) is 5.91 Å². The minimum Gasteiger partial charge on any atom is -0.490 e. The van der Waals surface area contributed by atoms with Crippen molar-refractivity contribution in [1.82, 2.24) is 5.32 Å². The fraction of sp³-hybridized carbons (Fsp3) is 0.188. The number of hydrogen-bond acceptors (Lipinski definition) is 2. The number of carbonyl (C=O) groups is 1. The second-order valence-corrected chi connectivity index (χ2v) is 5.45. The summed E-state index contributed by atoms with van der Waals surface area (Å²) in [6.07, 6.45) is 0. The van der Waals surface area contributed by atoms with Crippen LogP contribution in [0.1, 0.15) is 15.9 Å². The molecule has 0 aromatic heterocycles. The molecule has 0 fully saturated rings. The van der Waals surface area contributed by atoms with Gasteiger partial charge in [-0.05, 0) is 36.8 Å². The lowest BCUT2D eigenvalue weighted by Gasteiger charge is -2.10. The first-order valence-corrected chi connectivity index (χ1v) is 7.36. The first-order chi connectivity index (χ1) is 10.5. The van der Waals surface area contributed by atoms with Crippen molar-refractivity contribution in [2.75, 3.05) is 13.2 Å². The van der Waals surface area contributed by atoms with Crippen LogP contribution in [0.2, 0.25) is 10.0 Å². The number of hydrogen-bond donors (Lipinski definition) is 1.